The smallest absolute Gasteiger partial charge is 0.308 e. The zero-order valence-corrected chi connectivity index (χ0v) is 15.3. The van der Waals surface area contributed by atoms with Gasteiger partial charge in [-0.3, -0.25) is 9.36 Å². The van der Waals surface area contributed by atoms with Gasteiger partial charge in [-0.25, -0.2) is 9.97 Å². The maximum atomic E-state index is 12.5. The molecule has 1 N–H and O–H groups in total. The minimum Gasteiger partial charge on any atom is -0.406 e. The molecule has 1 fully saturated rings. The van der Waals surface area contributed by atoms with E-state index in [4.69, 9.17) is 21.3 Å². The average molecular weight is 374 g/mol. The molecule has 0 spiro atoms. The molecule has 0 radical (unpaired) electrons. The van der Waals surface area contributed by atoms with Crippen LogP contribution in [0.15, 0.2) is 23.0 Å². The molecule has 0 aromatic carbocycles. The van der Waals surface area contributed by atoms with Gasteiger partial charge in [-0.05, 0) is 25.3 Å². The van der Waals surface area contributed by atoms with Crippen LogP contribution >= 0.6 is 11.6 Å². The highest BCUT2D eigenvalue weighted by Gasteiger charge is 2.23. The molecule has 0 atom stereocenters. The van der Waals surface area contributed by atoms with Crippen molar-refractivity contribution in [2.75, 3.05) is 0 Å². The Balaban J connectivity index is 1.81. The SMILES string of the molecule is CCCn1c(Oc2cccc(Cl)n2)nc(=O)c2[nH]c(C3CCCC3)nc21. The fraction of sp³-hybridized carbons (Fsp3) is 0.444. The summed E-state index contributed by atoms with van der Waals surface area (Å²) in [5.41, 5.74) is 0.652. The van der Waals surface area contributed by atoms with E-state index in [9.17, 15) is 4.79 Å². The van der Waals surface area contributed by atoms with E-state index in [-0.39, 0.29) is 11.6 Å². The molecule has 1 saturated carbocycles. The van der Waals surface area contributed by atoms with Crippen molar-refractivity contribution >= 4 is 22.8 Å². The van der Waals surface area contributed by atoms with Gasteiger partial charge < -0.3 is 9.72 Å². The normalized spacial score (nSPS) is 15.0. The molecule has 8 heteroatoms. The number of nitrogens with zero attached hydrogens (tertiary/aromatic N) is 4. The first-order valence-electron chi connectivity index (χ1n) is 8.96. The molecule has 7 nitrogen and oxygen atoms in total. The number of fused-ring (bicyclic) bond motifs is 1. The van der Waals surface area contributed by atoms with Crippen molar-refractivity contribution in [2.24, 2.45) is 0 Å². The Morgan fingerprint density at radius 2 is 2.08 bits per heavy atom. The van der Waals surface area contributed by atoms with E-state index < -0.39 is 0 Å². The van der Waals surface area contributed by atoms with Gasteiger partial charge in [-0.15, -0.1) is 0 Å². The van der Waals surface area contributed by atoms with E-state index in [0.29, 0.717) is 34.7 Å². The Hall–Kier alpha value is -2.41. The molecular weight excluding hydrogens is 354 g/mol. The third-order valence-electron chi connectivity index (χ3n) is 4.68. The summed E-state index contributed by atoms with van der Waals surface area (Å²) in [6, 6.07) is 5.25. The summed E-state index contributed by atoms with van der Waals surface area (Å²) in [6.07, 6.45) is 5.46. The van der Waals surface area contributed by atoms with Crippen molar-refractivity contribution in [2.45, 2.75) is 51.5 Å². The molecule has 1 aliphatic rings. The second-order valence-electron chi connectivity index (χ2n) is 6.55. The van der Waals surface area contributed by atoms with Crippen molar-refractivity contribution in [1.82, 2.24) is 24.5 Å². The molecule has 0 bridgehead atoms. The van der Waals surface area contributed by atoms with Crippen molar-refractivity contribution in [1.29, 1.82) is 0 Å². The molecular formula is C18H20ClN5O2. The van der Waals surface area contributed by atoms with Gasteiger partial charge in [0.25, 0.3) is 0 Å². The van der Waals surface area contributed by atoms with Crippen LogP contribution in [0.2, 0.25) is 5.15 Å². The summed E-state index contributed by atoms with van der Waals surface area (Å²) < 4.78 is 7.60. The van der Waals surface area contributed by atoms with Gasteiger partial charge in [-0.1, -0.05) is 37.4 Å². The lowest BCUT2D eigenvalue weighted by Crippen LogP contribution is -2.16. The minimum absolute atomic E-state index is 0.184. The van der Waals surface area contributed by atoms with Crippen LogP contribution in [0.1, 0.15) is 50.8 Å². The van der Waals surface area contributed by atoms with Gasteiger partial charge in [0.1, 0.15) is 11.0 Å². The van der Waals surface area contributed by atoms with Crippen molar-refractivity contribution in [3.63, 3.8) is 0 Å². The lowest BCUT2D eigenvalue weighted by Gasteiger charge is -2.12. The molecule has 0 saturated heterocycles. The molecule has 3 aromatic heterocycles. The summed E-state index contributed by atoms with van der Waals surface area (Å²) in [5, 5.41) is 0.316. The molecule has 136 valence electrons. The van der Waals surface area contributed by atoms with Crippen LogP contribution in [0, 0.1) is 0 Å². The molecule has 1 aliphatic carbocycles. The van der Waals surface area contributed by atoms with Crippen molar-refractivity contribution < 1.29 is 4.74 Å². The highest BCUT2D eigenvalue weighted by molar-refractivity contribution is 6.29. The van der Waals surface area contributed by atoms with Gasteiger partial charge in [0.15, 0.2) is 11.2 Å². The third-order valence-corrected chi connectivity index (χ3v) is 4.89. The number of pyridine rings is 1. The van der Waals surface area contributed by atoms with E-state index in [1.165, 1.54) is 12.8 Å². The Kier molecular flexibility index (Phi) is 4.63. The van der Waals surface area contributed by atoms with Crippen LogP contribution in [0.4, 0.5) is 0 Å². The number of hydrogen-bond acceptors (Lipinski definition) is 5. The van der Waals surface area contributed by atoms with Crippen LogP contribution in [0.5, 0.6) is 11.9 Å². The maximum absolute atomic E-state index is 12.5. The molecule has 4 rings (SSSR count). The summed E-state index contributed by atoms with van der Waals surface area (Å²) in [5.74, 6) is 1.55. The van der Waals surface area contributed by atoms with Crippen LogP contribution < -0.4 is 10.3 Å². The summed E-state index contributed by atoms with van der Waals surface area (Å²) in [4.78, 5) is 28.7. The zero-order chi connectivity index (χ0) is 18.1. The van der Waals surface area contributed by atoms with Gasteiger partial charge in [-0.2, -0.15) is 4.98 Å². The minimum atomic E-state index is -0.374. The Morgan fingerprint density at radius 1 is 1.27 bits per heavy atom. The second kappa shape index (κ2) is 7.07. The highest BCUT2D eigenvalue weighted by Crippen LogP contribution is 2.33. The summed E-state index contributed by atoms with van der Waals surface area (Å²) >= 11 is 5.92. The Bertz CT molecular complexity index is 991. The van der Waals surface area contributed by atoms with Crippen molar-refractivity contribution in [3.05, 3.63) is 39.5 Å². The van der Waals surface area contributed by atoms with E-state index in [1.54, 1.807) is 18.2 Å². The van der Waals surface area contributed by atoms with E-state index >= 15 is 0 Å². The van der Waals surface area contributed by atoms with Gasteiger partial charge in [0, 0.05) is 18.5 Å². The van der Waals surface area contributed by atoms with E-state index in [1.807, 2.05) is 4.57 Å². The predicted molar refractivity (Wildman–Crippen MR) is 99.0 cm³/mol. The molecule has 3 aromatic rings. The number of H-pyrrole nitrogens is 1. The topological polar surface area (TPSA) is 85.7 Å². The molecule has 0 amide bonds. The van der Waals surface area contributed by atoms with Gasteiger partial charge in [0.2, 0.25) is 5.88 Å². The monoisotopic (exact) mass is 373 g/mol. The number of halogens is 1. The number of aryl methyl sites for hydroxylation is 1. The number of rotatable bonds is 5. The number of ether oxygens (including phenoxy) is 1. The third kappa shape index (κ3) is 3.19. The lowest BCUT2D eigenvalue weighted by molar-refractivity contribution is 0.391. The number of aromatic nitrogens is 5. The van der Waals surface area contributed by atoms with Crippen LogP contribution in [0.25, 0.3) is 11.2 Å². The Morgan fingerprint density at radius 3 is 2.81 bits per heavy atom. The molecule has 0 aliphatic heterocycles. The first-order chi connectivity index (χ1) is 12.7. The second-order valence-corrected chi connectivity index (χ2v) is 6.94. The van der Waals surface area contributed by atoms with Crippen LogP contribution in [0.3, 0.4) is 0 Å². The maximum Gasteiger partial charge on any atom is 0.308 e. The fourth-order valence-corrected chi connectivity index (χ4v) is 3.61. The fourth-order valence-electron chi connectivity index (χ4n) is 3.46. The molecule has 0 unspecified atom stereocenters. The quantitative estimate of drug-likeness (QED) is 0.682. The Labute approximate surface area is 155 Å². The first kappa shape index (κ1) is 17.0. The summed E-state index contributed by atoms with van der Waals surface area (Å²) in [7, 11) is 0. The average Bonchev–Trinajstić information content (AvgIpc) is 3.28. The van der Waals surface area contributed by atoms with Gasteiger partial charge in [0.05, 0.1) is 0 Å². The number of nitrogens with one attached hydrogen (secondary N) is 1. The number of aromatic amines is 1. The van der Waals surface area contributed by atoms with E-state index in [2.05, 4.69) is 21.9 Å². The van der Waals surface area contributed by atoms with Gasteiger partial charge >= 0.3 is 11.6 Å². The zero-order valence-electron chi connectivity index (χ0n) is 14.5. The first-order valence-corrected chi connectivity index (χ1v) is 9.34. The number of hydrogen-bond donors (Lipinski definition) is 1. The molecule has 26 heavy (non-hydrogen) atoms. The van der Waals surface area contributed by atoms with Crippen molar-refractivity contribution in [3.8, 4) is 11.9 Å². The highest BCUT2D eigenvalue weighted by atomic mass is 35.5. The van der Waals surface area contributed by atoms with E-state index in [0.717, 1.165) is 25.1 Å². The standard InChI is InChI=1S/C18H20ClN5O2/c1-2-10-24-16-14(21-15(22-16)11-6-3-4-7-11)17(25)23-18(24)26-13-9-5-8-12(19)20-13/h5,8-9,11H,2-4,6-7,10H2,1H3,(H,21,22). The largest absolute Gasteiger partial charge is 0.406 e. The molecule has 3 heterocycles. The number of imidazole rings is 1. The summed E-state index contributed by atoms with van der Waals surface area (Å²) in [6.45, 7) is 2.69. The van der Waals surface area contributed by atoms with Crippen LogP contribution in [-0.2, 0) is 6.54 Å². The lowest BCUT2D eigenvalue weighted by atomic mass is 10.1. The predicted octanol–water partition coefficient (Wildman–Crippen LogP) is 4.03. The van der Waals surface area contributed by atoms with Crippen LogP contribution in [-0.4, -0.2) is 24.5 Å².